The van der Waals surface area contributed by atoms with Crippen LogP contribution in [-0.2, 0) is 0 Å². The van der Waals surface area contributed by atoms with Crippen LogP contribution in [0.3, 0.4) is 0 Å². The second-order valence-electron chi connectivity index (χ2n) is 4.82. The van der Waals surface area contributed by atoms with Crippen LogP contribution in [0.2, 0.25) is 5.02 Å². The lowest BCUT2D eigenvalue weighted by molar-refractivity contribution is 0.0952. The van der Waals surface area contributed by atoms with Gasteiger partial charge in [0.05, 0.1) is 17.2 Å². The lowest BCUT2D eigenvalue weighted by atomic mass is 10.0. The molecule has 0 bridgehead atoms. The molecule has 1 fully saturated rings. The average Bonchev–Trinajstić information content (AvgIpc) is 2.80. The van der Waals surface area contributed by atoms with Crippen LogP contribution in [0.5, 0.6) is 5.75 Å². The Morgan fingerprint density at radius 1 is 1.50 bits per heavy atom. The van der Waals surface area contributed by atoms with Crippen LogP contribution in [0.25, 0.3) is 0 Å². The van der Waals surface area contributed by atoms with E-state index in [0.29, 0.717) is 16.3 Å². The molecule has 0 saturated carbocycles. The number of nitrogens with one attached hydrogen (secondary N) is 1. The van der Waals surface area contributed by atoms with Gasteiger partial charge in [-0.25, -0.2) is 0 Å². The first-order valence-corrected chi connectivity index (χ1v) is 6.69. The topological polar surface area (TPSA) is 38.3 Å². The zero-order valence-corrected chi connectivity index (χ0v) is 11.5. The SMILES string of the molecule is CC(C)Oc1ccc(C(=O)C2CCCN2)c(Cl)c1. The van der Waals surface area contributed by atoms with E-state index in [1.165, 1.54) is 0 Å². The Bertz CT molecular complexity index is 439. The molecular formula is C14H18ClNO2. The molecule has 1 unspecified atom stereocenters. The van der Waals surface area contributed by atoms with Crippen LogP contribution in [0.4, 0.5) is 0 Å². The van der Waals surface area contributed by atoms with E-state index in [1.54, 1.807) is 18.2 Å². The zero-order valence-electron chi connectivity index (χ0n) is 10.7. The predicted molar refractivity (Wildman–Crippen MR) is 72.6 cm³/mol. The average molecular weight is 268 g/mol. The molecule has 0 radical (unpaired) electrons. The van der Waals surface area contributed by atoms with Crippen molar-refractivity contribution >= 4 is 17.4 Å². The summed E-state index contributed by atoms with van der Waals surface area (Å²) in [4.78, 5) is 12.2. The summed E-state index contributed by atoms with van der Waals surface area (Å²) in [5.74, 6) is 0.777. The second-order valence-corrected chi connectivity index (χ2v) is 5.23. The highest BCUT2D eigenvalue weighted by molar-refractivity contribution is 6.34. The third-order valence-corrected chi connectivity index (χ3v) is 3.27. The summed E-state index contributed by atoms with van der Waals surface area (Å²) in [6.07, 6.45) is 2.03. The standard InChI is InChI=1S/C14H18ClNO2/c1-9(2)18-10-5-6-11(12(15)8-10)14(17)13-4-3-7-16-13/h5-6,8-9,13,16H,3-4,7H2,1-2H3. The third-order valence-electron chi connectivity index (χ3n) is 2.95. The van der Waals surface area contributed by atoms with Gasteiger partial charge in [0.1, 0.15) is 5.75 Å². The van der Waals surface area contributed by atoms with E-state index in [4.69, 9.17) is 16.3 Å². The highest BCUT2D eigenvalue weighted by Crippen LogP contribution is 2.25. The molecule has 0 aliphatic carbocycles. The summed E-state index contributed by atoms with van der Waals surface area (Å²) in [5, 5.41) is 3.65. The van der Waals surface area contributed by atoms with Crippen molar-refractivity contribution in [3.63, 3.8) is 0 Å². The number of ether oxygens (including phenoxy) is 1. The molecule has 0 amide bonds. The fourth-order valence-corrected chi connectivity index (χ4v) is 2.40. The first-order chi connectivity index (χ1) is 8.58. The number of ketones is 1. The third kappa shape index (κ3) is 3.03. The van der Waals surface area contributed by atoms with Crippen LogP contribution < -0.4 is 10.1 Å². The van der Waals surface area contributed by atoms with Gasteiger partial charge in [-0.1, -0.05) is 11.6 Å². The Balaban J connectivity index is 2.16. The van der Waals surface area contributed by atoms with E-state index in [2.05, 4.69) is 5.32 Å². The highest BCUT2D eigenvalue weighted by Gasteiger charge is 2.24. The second kappa shape index (κ2) is 5.72. The number of hydrogen-bond donors (Lipinski definition) is 1. The molecule has 3 nitrogen and oxygen atoms in total. The summed E-state index contributed by atoms with van der Waals surface area (Å²) in [5.41, 5.74) is 0.576. The molecule has 18 heavy (non-hydrogen) atoms. The van der Waals surface area contributed by atoms with Gasteiger partial charge in [-0.2, -0.15) is 0 Å². The van der Waals surface area contributed by atoms with Gasteiger partial charge in [0, 0.05) is 5.56 Å². The number of hydrogen-bond acceptors (Lipinski definition) is 3. The molecular weight excluding hydrogens is 250 g/mol. The number of benzene rings is 1. The van der Waals surface area contributed by atoms with Crippen molar-refractivity contribution in [1.82, 2.24) is 5.32 Å². The minimum Gasteiger partial charge on any atom is -0.491 e. The first-order valence-electron chi connectivity index (χ1n) is 6.31. The summed E-state index contributed by atoms with van der Waals surface area (Å²) in [6, 6.07) is 5.18. The molecule has 1 N–H and O–H groups in total. The van der Waals surface area contributed by atoms with Crippen LogP contribution in [0.15, 0.2) is 18.2 Å². The lowest BCUT2D eigenvalue weighted by Crippen LogP contribution is -2.30. The molecule has 1 saturated heterocycles. The normalized spacial score (nSPS) is 19.2. The minimum atomic E-state index is -0.0839. The number of rotatable bonds is 4. The highest BCUT2D eigenvalue weighted by atomic mass is 35.5. The van der Waals surface area contributed by atoms with Gasteiger partial charge < -0.3 is 10.1 Å². The first kappa shape index (κ1) is 13.4. The number of carbonyl (C=O) groups excluding carboxylic acids is 1. The number of Topliss-reactive ketones (excluding diaryl/α,β-unsaturated/α-hetero) is 1. The molecule has 1 atom stereocenters. The van der Waals surface area contributed by atoms with E-state index in [-0.39, 0.29) is 17.9 Å². The van der Waals surface area contributed by atoms with Gasteiger partial charge in [0.15, 0.2) is 5.78 Å². The lowest BCUT2D eigenvalue weighted by Gasteiger charge is -2.13. The Kier molecular flexibility index (Phi) is 4.25. The molecule has 0 aromatic heterocycles. The van der Waals surface area contributed by atoms with Gasteiger partial charge in [0.25, 0.3) is 0 Å². The fraction of sp³-hybridized carbons (Fsp3) is 0.500. The van der Waals surface area contributed by atoms with Crippen LogP contribution in [-0.4, -0.2) is 24.5 Å². The Hall–Kier alpha value is -1.06. The maximum atomic E-state index is 12.2. The summed E-state index contributed by atoms with van der Waals surface area (Å²) >= 11 is 6.16. The van der Waals surface area contributed by atoms with Crippen molar-refractivity contribution in [2.75, 3.05) is 6.54 Å². The van der Waals surface area contributed by atoms with Gasteiger partial charge in [-0.05, 0) is 51.4 Å². The molecule has 0 spiro atoms. The molecule has 4 heteroatoms. The summed E-state index contributed by atoms with van der Waals surface area (Å²) in [6.45, 7) is 4.81. The van der Waals surface area contributed by atoms with Crippen molar-refractivity contribution in [3.8, 4) is 5.75 Å². The largest absolute Gasteiger partial charge is 0.491 e. The van der Waals surface area contributed by atoms with Gasteiger partial charge in [-0.15, -0.1) is 0 Å². The van der Waals surface area contributed by atoms with E-state index in [0.717, 1.165) is 19.4 Å². The monoisotopic (exact) mass is 267 g/mol. The van der Waals surface area contributed by atoms with E-state index >= 15 is 0 Å². The maximum Gasteiger partial charge on any atom is 0.181 e. The molecule has 98 valence electrons. The molecule has 1 heterocycles. The van der Waals surface area contributed by atoms with E-state index in [9.17, 15) is 4.79 Å². The summed E-state index contributed by atoms with van der Waals surface area (Å²) < 4.78 is 5.54. The van der Waals surface area contributed by atoms with Crippen molar-refractivity contribution < 1.29 is 9.53 Å². The van der Waals surface area contributed by atoms with Gasteiger partial charge in [-0.3, -0.25) is 4.79 Å². The molecule has 2 rings (SSSR count). The zero-order chi connectivity index (χ0) is 13.1. The van der Waals surface area contributed by atoms with Crippen LogP contribution in [0, 0.1) is 0 Å². The Labute approximate surface area is 112 Å². The smallest absolute Gasteiger partial charge is 0.181 e. The Morgan fingerprint density at radius 3 is 2.83 bits per heavy atom. The molecule has 1 aliphatic rings. The maximum absolute atomic E-state index is 12.2. The summed E-state index contributed by atoms with van der Waals surface area (Å²) in [7, 11) is 0. The van der Waals surface area contributed by atoms with Crippen LogP contribution >= 0.6 is 11.6 Å². The molecule has 1 aromatic carbocycles. The van der Waals surface area contributed by atoms with E-state index < -0.39 is 0 Å². The van der Waals surface area contributed by atoms with Gasteiger partial charge in [0.2, 0.25) is 0 Å². The van der Waals surface area contributed by atoms with Crippen molar-refractivity contribution in [3.05, 3.63) is 28.8 Å². The number of halogens is 1. The fourth-order valence-electron chi connectivity index (χ4n) is 2.14. The Morgan fingerprint density at radius 2 is 2.28 bits per heavy atom. The van der Waals surface area contributed by atoms with E-state index in [1.807, 2.05) is 13.8 Å². The molecule has 1 aliphatic heterocycles. The number of carbonyl (C=O) groups is 1. The van der Waals surface area contributed by atoms with Crippen molar-refractivity contribution in [2.24, 2.45) is 0 Å². The molecule has 1 aromatic rings. The van der Waals surface area contributed by atoms with Crippen molar-refractivity contribution in [1.29, 1.82) is 0 Å². The quantitative estimate of drug-likeness (QED) is 0.852. The minimum absolute atomic E-state index is 0.0774. The van der Waals surface area contributed by atoms with Crippen molar-refractivity contribution in [2.45, 2.75) is 38.8 Å². The van der Waals surface area contributed by atoms with Gasteiger partial charge >= 0.3 is 0 Å². The van der Waals surface area contributed by atoms with Crippen LogP contribution in [0.1, 0.15) is 37.0 Å². The predicted octanol–water partition coefficient (Wildman–Crippen LogP) is 3.06.